The zero-order valence-electron chi connectivity index (χ0n) is 22.8. The molecule has 8 heteroatoms. The van der Waals surface area contributed by atoms with Crippen molar-refractivity contribution < 1.29 is 14.3 Å². The highest BCUT2D eigenvalue weighted by molar-refractivity contribution is 5.97. The summed E-state index contributed by atoms with van der Waals surface area (Å²) >= 11 is 0. The average Bonchev–Trinajstić information content (AvgIpc) is 3.32. The summed E-state index contributed by atoms with van der Waals surface area (Å²) in [5, 5.41) is 15.1. The van der Waals surface area contributed by atoms with Crippen molar-refractivity contribution in [2.45, 2.75) is 41.2 Å². The first-order valence-corrected chi connectivity index (χ1v) is 12.3. The number of hydrogen-bond acceptors (Lipinski definition) is 7. The molecule has 0 aliphatic heterocycles. The first-order chi connectivity index (χ1) is 18.4. The van der Waals surface area contributed by atoms with E-state index in [2.05, 4.69) is 23.6 Å². The molecule has 0 saturated carbocycles. The molecule has 0 fully saturated rings. The average molecular weight is 516 g/mol. The summed E-state index contributed by atoms with van der Waals surface area (Å²) in [4.78, 5) is 12.5. The summed E-state index contributed by atoms with van der Waals surface area (Å²) in [7, 11) is 0. The molecule has 1 aromatic carbocycles. The molecule has 0 unspecified atom stereocenters. The zero-order chi connectivity index (χ0) is 28.5. The fraction of sp³-hybridized carbons (Fsp3) is 0.233. The van der Waals surface area contributed by atoms with E-state index in [1.165, 1.54) is 6.92 Å². The minimum Gasteiger partial charge on any atom is -0.462 e. The lowest BCUT2D eigenvalue weighted by Gasteiger charge is -2.14. The molecule has 0 bridgehead atoms. The lowest BCUT2D eigenvalue weighted by Crippen LogP contribution is -2.09. The van der Waals surface area contributed by atoms with Crippen LogP contribution in [0.1, 0.15) is 56.1 Å². The third kappa shape index (κ3) is 8.50. The van der Waals surface area contributed by atoms with Crippen molar-refractivity contribution in [1.29, 1.82) is 5.26 Å². The molecule has 0 amide bonds. The third-order valence-electron chi connectivity index (χ3n) is 4.87. The van der Waals surface area contributed by atoms with Gasteiger partial charge in [-0.05, 0) is 44.2 Å². The summed E-state index contributed by atoms with van der Waals surface area (Å²) < 4.78 is 12.6. The SMILES string of the molecule is C=C/C(=C\C=C(/C)Oc1ccccc1)Nc1c(C=C)cnn2cc(C(=O)OCC)c(CN)c12.CC.CC#N. The molecule has 0 aliphatic rings. The van der Waals surface area contributed by atoms with Crippen LogP contribution < -0.4 is 15.8 Å². The molecule has 8 nitrogen and oxygen atoms in total. The van der Waals surface area contributed by atoms with Gasteiger partial charge in [0.05, 0.1) is 35.6 Å². The number of carbonyl (C=O) groups is 1. The number of carbonyl (C=O) groups excluding carboxylic acids is 1. The van der Waals surface area contributed by atoms with E-state index < -0.39 is 5.97 Å². The van der Waals surface area contributed by atoms with Crippen molar-refractivity contribution in [2.24, 2.45) is 5.73 Å². The minimum atomic E-state index is -0.439. The number of esters is 1. The highest BCUT2D eigenvalue weighted by atomic mass is 16.5. The zero-order valence-corrected chi connectivity index (χ0v) is 22.8. The first-order valence-electron chi connectivity index (χ1n) is 12.3. The van der Waals surface area contributed by atoms with Gasteiger partial charge in [-0.3, -0.25) is 0 Å². The van der Waals surface area contributed by atoms with Gasteiger partial charge in [-0.15, -0.1) is 0 Å². The molecule has 2 heterocycles. The van der Waals surface area contributed by atoms with E-state index in [1.807, 2.05) is 63.3 Å². The van der Waals surface area contributed by atoms with Gasteiger partial charge in [0.2, 0.25) is 0 Å². The quantitative estimate of drug-likeness (QED) is 0.177. The van der Waals surface area contributed by atoms with Crippen LogP contribution in [-0.4, -0.2) is 22.2 Å². The molecule has 200 valence electrons. The van der Waals surface area contributed by atoms with Crippen LogP contribution in [-0.2, 0) is 11.3 Å². The maximum absolute atomic E-state index is 12.5. The van der Waals surface area contributed by atoms with Crippen molar-refractivity contribution in [3.63, 3.8) is 0 Å². The van der Waals surface area contributed by atoms with Crippen LogP contribution in [0.2, 0.25) is 0 Å². The van der Waals surface area contributed by atoms with E-state index in [0.717, 1.165) is 11.3 Å². The van der Waals surface area contributed by atoms with Crippen molar-refractivity contribution in [2.75, 3.05) is 11.9 Å². The molecule has 3 aromatic rings. The van der Waals surface area contributed by atoms with Crippen LogP contribution in [0.4, 0.5) is 5.69 Å². The van der Waals surface area contributed by atoms with Crippen molar-refractivity contribution in [1.82, 2.24) is 9.61 Å². The number of fused-ring (bicyclic) bond motifs is 1. The molecule has 3 rings (SSSR count). The molecule has 2 aromatic heterocycles. The smallest absolute Gasteiger partial charge is 0.340 e. The molecule has 3 N–H and O–H groups in total. The Balaban J connectivity index is 0.00000135. The molecule has 0 saturated heterocycles. The molecule has 0 aliphatic carbocycles. The Kier molecular flexibility index (Phi) is 14.0. The number of benzene rings is 1. The summed E-state index contributed by atoms with van der Waals surface area (Å²) in [5.41, 5.74) is 9.88. The van der Waals surface area contributed by atoms with Gasteiger partial charge in [0.15, 0.2) is 0 Å². The van der Waals surface area contributed by atoms with Crippen molar-refractivity contribution in [3.8, 4) is 11.8 Å². The number of nitrogens with zero attached hydrogens (tertiary/aromatic N) is 3. The van der Waals surface area contributed by atoms with Crippen LogP contribution in [0, 0.1) is 11.3 Å². The van der Waals surface area contributed by atoms with Crippen LogP contribution >= 0.6 is 0 Å². The fourth-order valence-electron chi connectivity index (χ4n) is 3.31. The van der Waals surface area contributed by atoms with Crippen molar-refractivity contribution in [3.05, 3.63) is 102 Å². The molecule has 38 heavy (non-hydrogen) atoms. The van der Waals surface area contributed by atoms with Gasteiger partial charge in [-0.25, -0.2) is 9.31 Å². The number of hydrogen-bond donors (Lipinski definition) is 2. The van der Waals surface area contributed by atoms with Gasteiger partial charge in [0, 0.05) is 36.5 Å². The van der Waals surface area contributed by atoms with Crippen LogP contribution in [0.3, 0.4) is 0 Å². The molecule has 0 atom stereocenters. The van der Waals surface area contributed by atoms with E-state index in [-0.39, 0.29) is 13.2 Å². The third-order valence-corrected chi connectivity index (χ3v) is 4.87. The largest absolute Gasteiger partial charge is 0.462 e. The standard InChI is InChI=1S/C26H28N4O3.C2H3N.C2H6/c1-5-19-16-28-30-17-23(26(31)32-7-3)22(15-27)25(30)24(19)29-20(6-2)14-13-18(4)33-21-11-9-8-10-12-21;1-2-3;1-2/h5-6,8-14,16-17,29H,1-2,7,15,27H2,3-4H3;1H3;1-2H3/b18-13+,20-14+;;. The Bertz CT molecular complexity index is 1320. The number of nitrogens with two attached hydrogens (primary N) is 1. The number of nitrogens with one attached hydrogen (secondary N) is 1. The van der Waals surface area contributed by atoms with Crippen molar-refractivity contribution >= 4 is 23.2 Å². The number of allylic oxidation sites excluding steroid dienone is 4. The summed E-state index contributed by atoms with van der Waals surface area (Å²) in [6.07, 6.45) is 10.4. The second-order valence-electron chi connectivity index (χ2n) is 7.29. The summed E-state index contributed by atoms with van der Waals surface area (Å²) in [6, 6.07) is 11.3. The van der Waals surface area contributed by atoms with Gasteiger partial charge in [0.25, 0.3) is 0 Å². The Morgan fingerprint density at radius 3 is 2.45 bits per heavy atom. The van der Waals surface area contributed by atoms with Gasteiger partial charge in [-0.2, -0.15) is 10.4 Å². The predicted octanol–water partition coefficient (Wildman–Crippen LogP) is 6.63. The van der Waals surface area contributed by atoms with Gasteiger partial charge >= 0.3 is 5.97 Å². The van der Waals surface area contributed by atoms with Crippen LogP contribution in [0.5, 0.6) is 5.75 Å². The van der Waals surface area contributed by atoms with Gasteiger partial charge in [0.1, 0.15) is 11.5 Å². The van der Waals surface area contributed by atoms with E-state index in [1.54, 1.807) is 42.1 Å². The topological polar surface area (TPSA) is 115 Å². The summed E-state index contributed by atoms with van der Waals surface area (Å²) in [6.45, 7) is 17.3. The predicted molar refractivity (Wildman–Crippen MR) is 154 cm³/mol. The van der Waals surface area contributed by atoms with Gasteiger partial charge in [-0.1, -0.05) is 51.3 Å². The number of nitriles is 1. The fourth-order valence-corrected chi connectivity index (χ4v) is 3.31. The minimum absolute atomic E-state index is 0.138. The number of ether oxygens (including phenoxy) is 2. The van der Waals surface area contributed by atoms with Crippen LogP contribution in [0.25, 0.3) is 11.6 Å². The second-order valence-corrected chi connectivity index (χ2v) is 7.29. The van der Waals surface area contributed by atoms with Crippen LogP contribution in [0.15, 0.2) is 85.6 Å². The lowest BCUT2D eigenvalue weighted by atomic mass is 10.1. The number of anilines is 1. The maximum Gasteiger partial charge on any atom is 0.340 e. The molecular formula is C30H37N5O3. The monoisotopic (exact) mass is 515 g/mol. The van der Waals surface area contributed by atoms with E-state index >= 15 is 0 Å². The summed E-state index contributed by atoms with van der Waals surface area (Å²) in [5.74, 6) is 1.02. The Labute approximate surface area is 225 Å². The van der Waals surface area contributed by atoms with E-state index in [0.29, 0.717) is 33.8 Å². The lowest BCUT2D eigenvalue weighted by molar-refractivity contribution is 0.0525. The highest BCUT2D eigenvalue weighted by Crippen LogP contribution is 2.30. The second kappa shape index (κ2) is 17.0. The highest BCUT2D eigenvalue weighted by Gasteiger charge is 2.21. The van der Waals surface area contributed by atoms with Gasteiger partial charge < -0.3 is 20.5 Å². The number of para-hydroxylation sites is 1. The molecular weight excluding hydrogens is 478 g/mol. The Morgan fingerprint density at radius 2 is 1.89 bits per heavy atom. The number of rotatable bonds is 10. The van der Waals surface area contributed by atoms with E-state index in [9.17, 15) is 4.79 Å². The first kappa shape index (κ1) is 31.4. The van der Waals surface area contributed by atoms with E-state index in [4.69, 9.17) is 20.5 Å². The Hall–Kier alpha value is -4.61. The normalized spacial score (nSPS) is 10.7. The molecule has 0 radical (unpaired) electrons. The Morgan fingerprint density at radius 1 is 1.24 bits per heavy atom. The maximum atomic E-state index is 12.5. The number of aromatic nitrogens is 2. The molecule has 0 spiro atoms.